The zero-order chi connectivity index (χ0) is 27.5. The quantitative estimate of drug-likeness (QED) is 0.169. The number of benzene rings is 2. The molecule has 0 saturated carbocycles. The molecule has 2 aromatic carbocycles. The van der Waals surface area contributed by atoms with Gasteiger partial charge in [0.2, 0.25) is 0 Å². The number of furan rings is 1. The van der Waals surface area contributed by atoms with Gasteiger partial charge in [0, 0.05) is 30.1 Å². The Morgan fingerprint density at radius 3 is 2.74 bits per heavy atom. The van der Waals surface area contributed by atoms with Gasteiger partial charge in [0.25, 0.3) is 5.91 Å². The summed E-state index contributed by atoms with van der Waals surface area (Å²) in [6.07, 6.45) is 1.58. The summed E-state index contributed by atoms with van der Waals surface area (Å²) in [5.74, 6) is 1.55. The van der Waals surface area contributed by atoms with E-state index in [9.17, 15) is 9.59 Å². The first-order valence-corrected chi connectivity index (χ1v) is 14.5. The second-order valence-electron chi connectivity index (χ2n) is 8.75. The summed E-state index contributed by atoms with van der Waals surface area (Å²) in [5, 5.41) is 4.62. The molecule has 2 aliphatic heterocycles. The Hall–Kier alpha value is -3.34. The fraction of sp³-hybridized carbons (Fsp3) is 0.250. The van der Waals surface area contributed by atoms with Gasteiger partial charge in [-0.05, 0) is 68.1 Å². The van der Waals surface area contributed by atoms with Crippen molar-refractivity contribution in [2.45, 2.75) is 25.3 Å². The van der Waals surface area contributed by atoms with Crippen LogP contribution in [0.5, 0.6) is 5.75 Å². The standard InChI is InChI=1S/C28H27ClN4O4S2/c1-4-30-21-9-7-18(17(2)34)14-22(21)31-28-33(16-20-6-5-12-36-20)26(35)25(39-28)27-32(3)23-15-19(37-13-11-29)8-10-24(23)38-27/h5-10,12,14-15,30H,4,11,13,16H2,1-3H3. The number of amides is 1. The van der Waals surface area contributed by atoms with Gasteiger partial charge in [-0.3, -0.25) is 14.5 Å². The minimum absolute atomic E-state index is 0.0546. The maximum atomic E-state index is 13.9. The minimum atomic E-state index is -0.163. The highest BCUT2D eigenvalue weighted by atomic mass is 35.5. The number of nitrogens with one attached hydrogen (secondary N) is 1. The van der Waals surface area contributed by atoms with Gasteiger partial charge < -0.3 is 19.4 Å². The van der Waals surface area contributed by atoms with Crippen LogP contribution in [-0.4, -0.2) is 47.8 Å². The lowest BCUT2D eigenvalue weighted by Crippen LogP contribution is -2.29. The number of ether oxygens (including phenoxy) is 1. The maximum Gasteiger partial charge on any atom is 0.269 e. The first-order chi connectivity index (χ1) is 18.9. The van der Waals surface area contributed by atoms with Crippen molar-refractivity contribution in [1.82, 2.24) is 4.90 Å². The molecule has 2 aliphatic rings. The molecule has 3 aromatic rings. The molecule has 1 saturated heterocycles. The fourth-order valence-corrected chi connectivity index (χ4v) is 6.57. The first-order valence-electron chi connectivity index (χ1n) is 12.4. The molecule has 0 aliphatic carbocycles. The Kier molecular flexibility index (Phi) is 8.25. The highest BCUT2D eigenvalue weighted by Gasteiger charge is 2.40. The topological polar surface area (TPSA) is 87.4 Å². The van der Waals surface area contributed by atoms with Crippen LogP contribution in [0.25, 0.3) is 0 Å². The molecule has 1 fully saturated rings. The number of amidine groups is 1. The van der Waals surface area contributed by atoms with E-state index in [0.29, 0.717) is 46.1 Å². The molecule has 1 aromatic heterocycles. The molecule has 0 atom stereocenters. The third-order valence-electron chi connectivity index (χ3n) is 6.09. The lowest BCUT2D eigenvalue weighted by atomic mass is 10.1. The zero-order valence-corrected chi connectivity index (χ0v) is 24.1. The lowest BCUT2D eigenvalue weighted by Gasteiger charge is -2.16. The number of alkyl halides is 1. The molecule has 0 bridgehead atoms. The highest BCUT2D eigenvalue weighted by molar-refractivity contribution is 8.19. The smallest absolute Gasteiger partial charge is 0.269 e. The van der Waals surface area contributed by atoms with E-state index in [0.717, 1.165) is 27.0 Å². The molecule has 11 heteroatoms. The van der Waals surface area contributed by atoms with E-state index < -0.39 is 0 Å². The minimum Gasteiger partial charge on any atom is -0.492 e. The van der Waals surface area contributed by atoms with Crippen molar-refractivity contribution >= 4 is 69.0 Å². The predicted molar refractivity (Wildman–Crippen MR) is 158 cm³/mol. The average molecular weight is 583 g/mol. The van der Waals surface area contributed by atoms with E-state index in [1.807, 2.05) is 49.2 Å². The molecule has 0 unspecified atom stereocenters. The summed E-state index contributed by atoms with van der Waals surface area (Å²) in [5.41, 5.74) is 2.88. The number of fused-ring (bicyclic) bond motifs is 1. The average Bonchev–Trinajstić information content (AvgIpc) is 3.63. The van der Waals surface area contributed by atoms with Gasteiger partial charge in [0.05, 0.1) is 40.8 Å². The Morgan fingerprint density at radius 2 is 2.03 bits per heavy atom. The van der Waals surface area contributed by atoms with Crippen molar-refractivity contribution in [3.05, 3.63) is 76.1 Å². The molecule has 1 N–H and O–H groups in total. The van der Waals surface area contributed by atoms with Crippen LogP contribution in [-0.2, 0) is 11.3 Å². The van der Waals surface area contributed by atoms with E-state index >= 15 is 0 Å². The molecule has 1 amide bonds. The number of hydrogen-bond donors (Lipinski definition) is 1. The number of aliphatic imine (C=N–C) groups is 1. The van der Waals surface area contributed by atoms with Crippen molar-refractivity contribution in [2.75, 3.05) is 36.3 Å². The zero-order valence-electron chi connectivity index (χ0n) is 21.7. The van der Waals surface area contributed by atoms with Gasteiger partial charge in [-0.1, -0.05) is 11.8 Å². The first kappa shape index (κ1) is 27.2. The summed E-state index contributed by atoms with van der Waals surface area (Å²) in [7, 11) is 1.94. The maximum absolute atomic E-state index is 13.9. The number of Topliss-reactive ketones (excluding diaryl/α,β-unsaturated/α-hetero) is 1. The lowest BCUT2D eigenvalue weighted by molar-refractivity contribution is -0.122. The van der Waals surface area contributed by atoms with Gasteiger partial charge in [-0.2, -0.15) is 0 Å². The number of carbonyl (C=O) groups excluding carboxylic acids is 2. The number of nitrogens with zero attached hydrogens (tertiary/aromatic N) is 3. The van der Waals surface area contributed by atoms with Crippen LogP contribution < -0.4 is 15.0 Å². The Bertz CT molecular complexity index is 1470. The SMILES string of the molecule is CCNc1ccc(C(C)=O)cc1N=C1SC(=C2Sc3ccc(OCCCl)cc3N2C)C(=O)N1Cc1ccco1. The van der Waals surface area contributed by atoms with E-state index in [-0.39, 0.29) is 18.2 Å². The Balaban J connectivity index is 1.55. The van der Waals surface area contributed by atoms with Crippen LogP contribution in [0.2, 0.25) is 0 Å². The van der Waals surface area contributed by atoms with Gasteiger partial charge in [0.1, 0.15) is 23.0 Å². The van der Waals surface area contributed by atoms with Gasteiger partial charge >= 0.3 is 0 Å². The number of rotatable bonds is 9. The highest BCUT2D eigenvalue weighted by Crippen LogP contribution is 2.51. The molecular weight excluding hydrogens is 556 g/mol. The molecule has 3 heterocycles. The fourth-order valence-electron chi connectivity index (χ4n) is 4.17. The van der Waals surface area contributed by atoms with Crippen molar-refractivity contribution in [1.29, 1.82) is 0 Å². The summed E-state index contributed by atoms with van der Waals surface area (Å²) in [6.45, 7) is 4.85. The molecule has 0 spiro atoms. The molecule has 8 nitrogen and oxygen atoms in total. The normalized spacial score (nSPS) is 17.7. The summed E-state index contributed by atoms with van der Waals surface area (Å²) in [6, 6.07) is 14.8. The van der Waals surface area contributed by atoms with Crippen LogP contribution in [0, 0.1) is 0 Å². The number of halogens is 1. The second kappa shape index (κ2) is 11.8. The number of ketones is 1. The molecule has 202 valence electrons. The number of thioether (sulfide) groups is 2. The molecule has 39 heavy (non-hydrogen) atoms. The molecule has 5 rings (SSSR count). The van der Waals surface area contributed by atoms with Crippen LogP contribution in [0.3, 0.4) is 0 Å². The van der Waals surface area contributed by atoms with Gasteiger partial charge in [-0.25, -0.2) is 4.99 Å². The monoisotopic (exact) mass is 582 g/mol. The third kappa shape index (κ3) is 5.68. The van der Waals surface area contributed by atoms with Crippen LogP contribution in [0.1, 0.15) is 30.0 Å². The van der Waals surface area contributed by atoms with Crippen LogP contribution in [0.4, 0.5) is 17.1 Å². The number of hydrogen-bond acceptors (Lipinski definition) is 9. The largest absolute Gasteiger partial charge is 0.492 e. The molecule has 0 radical (unpaired) electrons. The second-order valence-corrected chi connectivity index (χ2v) is 11.1. The summed E-state index contributed by atoms with van der Waals surface area (Å²) in [4.78, 5) is 36.1. The summed E-state index contributed by atoms with van der Waals surface area (Å²) >= 11 is 8.63. The predicted octanol–water partition coefficient (Wildman–Crippen LogP) is 6.71. The van der Waals surface area contributed by atoms with Crippen LogP contribution in [0.15, 0.2) is 79.0 Å². The third-order valence-corrected chi connectivity index (χ3v) is 8.67. The van der Waals surface area contributed by atoms with E-state index in [1.54, 1.807) is 29.4 Å². The van der Waals surface area contributed by atoms with Crippen molar-refractivity contribution in [3.8, 4) is 5.75 Å². The van der Waals surface area contributed by atoms with E-state index in [4.69, 9.17) is 25.7 Å². The summed E-state index contributed by atoms with van der Waals surface area (Å²) < 4.78 is 11.3. The van der Waals surface area contributed by atoms with E-state index in [1.165, 1.54) is 30.4 Å². The van der Waals surface area contributed by atoms with E-state index in [2.05, 4.69) is 5.32 Å². The van der Waals surface area contributed by atoms with Crippen molar-refractivity contribution in [2.24, 2.45) is 4.99 Å². The van der Waals surface area contributed by atoms with Crippen molar-refractivity contribution in [3.63, 3.8) is 0 Å². The number of anilines is 2. The van der Waals surface area contributed by atoms with Gasteiger partial charge in [0.15, 0.2) is 11.0 Å². The number of carbonyl (C=O) groups is 2. The molecular formula is C28H27ClN4O4S2. The Morgan fingerprint density at radius 1 is 1.18 bits per heavy atom. The Labute approximate surface area is 240 Å². The van der Waals surface area contributed by atoms with Gasteiger partial charge in [-0.15, -0.1) is 11.6 Å². The van der Waals surface area contributed by atoms with Crippen molar-refractivity contribution < 1.29 is 18.7 Å². The van der Waals surface area contributed by atoms with Crippen LogP contribution >= 0.6 is 35.1 Å².